The molecule has 0 unspecified atom stereocenters. The Morgan fingerprint density at radius 3 is 2.47 bits per heavy atom. The van der Waals surface area contributed by atoms with Gasteiger partial charge in [-0.25, -0.2) is 13.2 Å². The van der Waals surface area contributed by atoms with E-state index in [0.29, 0.717) is 24.5 Å². The van der Waals surface area contributed by atoms with Crippen molar-refractivity contribution in [2.45, 2.75) is 18.7 Å². The zero-order chi connectivity index (χ0) is 23.1. The van der Waals surface area contributed by atoms with Crippen molar-refractivity contribution in [3.8, 4) is 0 Å². The van der Waals surface area contributed by atoms with E-state index in [2.05, 4.69) is 5.32 Å². The molecule has 0 atom stereocenters. The number of benzene rings is 2. The van der Waals surface area contributed by atoms with Gasteiger partial charge in [-0.1, -0.05) is 35.9 Å². The van der Waals surface area contributed by atoms with Gasteiger partial charge >= 0.3 is 5.97 Å². The Hall–Kier alpha value is -3.01. The van der Waals surface area contributed by atoms with Crippen LogP contribution in [0.2, 0.25) is 0 Å². The van der Waals surface area contributed by atoms with E-state index in [1.54, 1.807) is 25.1 Å². The van der Waals surface area contributed by atoms with Gasteiger partial charge in [0.25, 0.3) is 5.91 Å². The lowest BCUT2D eigenvalue weighted by Gasteiger charge is -2.26. The van der Waals surface area contributed by atoms with Gasteiger partial charge in [-0.15, -0.1) is 0 Å². The molecule has 0 aromatic heterocycles. The van der Waals surface area contributed by atoms with Crippen LogP contribution in [0, 0.1) is 13.8 Å². The molecule has 0 radical (unpaired) electrons. The number of hydrogen-bond donors (Lipinski definition) is 1. The highest BCUT2D eigenvalue weighted by Gasteiger charge is 2.28. The molecule has 1 fully saturated rings. The van der Waals surface area contributed by atoms with Gasteiger partial charge in [-0.05, 0) is 43.2 Å². The zero-order valence-corrected chi connectivity index (χ0v) is 18.9. The second kappa shape index (κ2) is 10.5. The lowest BCUT2D eigenvalue weighted by atomic mass is 10.1. The highest BCUT2D eigenvalue weighted by molar-refractivity contribution is 7.89. The summed E-state index contributed by atoms with van der Waals surface area (Å²) < 4.78 is 37.4. The maximum absolute atomic E-state index is 12.9. The minimum atomic E-state index is -3.71. The average molecular weight is 459 g/mol. The average Bonchev–Trinajstić information content (AvgIpc) is 2.79. The van der Waals surface area contributed by atoms with Crippen LogP contribution in [-0.2, 0) is 29.1 Å². The molecule has 0 aliphatic carbocycles. The predicted molar refractivity (Wildman–Crippen MR) is 121 cm³/mol. The summed E-state index contributed by atoms with van der Waals surface area (Å²) >= 11 is 0. The number of morpholine rings is 1. The van der Waals surface area contributed by atoms with Crippen molar-refractivity contribution in [2.24, 2.45) is 0 Å². The number of carbonyl (C=O) groups excluding carboxylic acids is 2. The van der Waals surface area contributed by atoms with Gasteiger partial charge in [-0.3, -0.25) is 4.79 Å². The number of rotatable bonds is 7. The third kappa shape index (κ3) is 6.25. The van der Waals surface area contributed by atoms with E-state index in [1.165, 1.54) is 16.4 Å². The second-order valence-corrected chi connectivity index (χ2v) is 9.30. The van der Waals surface area contributed by atoms with Crippen molar-refractivity contribution in [2.75, 3.05) is 38.2 Å². The molecule has 0 bridgehead atoms. The first-order chi connectivity index (χ1) is 15.3. The van der Waals surface area contributed by atoms with Crippen molar-refractivity contribution in [1.29, 1.82) is 0 Å². The molecule has 170 valence electrons. The maximum atomic E-state index is 12.9. The molecule has 9 heteroatoms. The van der Waals surface area contributed by atoms with E-state index < -0.39 is 28.5 Å². The summed E-state index contributed by atoms with van der Waals surface area (Å²) in [6.45, 7) is 4.43. The van der Waals surface area contributed by atoms with Gasteiger partial charge in [0.2, 0.25) is 10.0 Å². The Morgan fingerprint density at radius 2 is 1.78 bits per heavy atom. The van der Waals surface area contributed by atoms with Crippen LogP contribution in [0.1, 0.15) is 16.7 Å². The predicted octanol–water partition coefficient (Wildman–Crippen LogP) is 2.52. The van der Waals surface area contributed by atoms with E-state index in [9.17, 15) is 18.0 Å². The number of nitrogens with zero attached hydrogens (tertiary/aromatic N) is 1. The summed E-state index contributed by atoms with van der Waals surface area (Å²) in [7, 11) is -3.71. The SMILES string of the molecule is Cc1ccc(/C=C/C(=O)OCC(=O)Nc2ccc(C)c(S(=O)(=O)N3CCOCC3)c2)cc1. The molecule has 1 aliphatic heterocycles. The van der Waals surface area contributed by atoms with Gasteiger partial charge < -0.3 is 14.8 Å². The summed E-state index contributed by atoms with van der Waals surface area (Å²) in [5, 5.41) is 2.57. The van der Waals surface area contributed by atoms with Gasteiger partial charge in [0.15, 0.2) is 6.61 Å². The fourth-order valence-electron chi connectivity index (χ4n) is 3.11. The highest BCUT2D eigenvalue weighted by atomic mass is 32.2. The van der Waals surface area contributed by atoms with Crippen LogP contribution in [0.4, 0.5) is 5.69 Å². The third-order valence-corrected chi connectivity index (χ3v) is 6.94. The van der Waals surface area contributed by atoms with E-state index in [0.717, 1.165) is 11.1 Å². The summed E-state index contributed by atoms with van der Waals surface area (Å²) in [6, 6.07) is 12.2. The van der Waals surface area contributed by atoms with Gasteiger partial charge in [0.05, 0.1) is 18.1 Å². The van der Waals surface area contributed by atoms with E-state index in [4.69, 9.17) is 9.47 Å². The molecule has 2 aromatic carbocycles. The Morgan fingerprint density at radius 1 is 1.09 bits per heavy atom. The minimum absolute atomic E-state index is 0.121. The number of aryl methyl sites for hydroxylation is 2. The van der Waals surface area contributed by atoms with Crippen LogP contribution in [0.15, 0.2) is 53.4 Å². The molecular weight excluding hydrogens is 432 g/mol. The van der Waals surface area contributed by atoms with Gasteiger partial charge in [0, 0.05) is 24.9 Å². The Kier molecular flexibility index (Phi) is 7.79. The zero-order valence-electron chi connectivity index (χ0n) is 18.0. The highest BCUT2D eigenvalue weighted by Crippen LogP contribution is 2.24. The van der Waals surface area contributed by atoms with Crippen molar-refractivity contribution in [1.82, 2.24) is 4.31 Å². The van der Waals surface area contributed by atoms with E-state index in [-0.39, 0.29) is 18.0 Å². The minimum Gasteiger partial charge on any atom is -0.452 e. The molecule has 32 heavy (non-hydrogen) atoms. The van der Waals surface area contributed by atoms with Crippen LogP contribution in [0.25, 0.3) is 6.08 Å². The number of esters is 1. The monoisotopic (exact) mass is 458 g/mol. The topological polar surface area (TPSA) is 102 Å². The largest absolute Gasteiger partial charge is 0.452 e. The summed E-state index contributed by atoms with van der Waals surface area (Å²) in [6.07, 6.45) is 2.85. The van der Waals surface area contributed by atoms with E-state index in [1.807, 2.05) is 31.2 Å². The molecule has 3 rings (SSSR count). The molecular formula is C23H26N2O6S. The number of ether oxygens (including phenoxy) is 2. The van der Waals surface area contributed by atoms with E-state index >= 15 is 0 Å². The first-order valence-corrected chi connectivity index (χ1v) is 11.6. The Balaban J connectivity index is 1.58. The van der Waals surface area contributed by atoms with Crippen LogP contribution < -0.4 is 5.32 Å². The summed E-state index contributed by atoms with van der Waals surface area (Å²) in [5.41, 5.74) is 2.82. The van der Waals surface area contributed by atoms with Crippen molar-refractivity contribution < 1.29 is 27.5 Å². The molecule has 0 spiro atoms. The third-order valence-electron chi connectivity index (χ3n) is 4.89. The number of nitrogens with one attached hydrogen (secondary N) is 1. The van der Waals surface area contributed by atoms with Crippen molar-refractivity contribution >= 4 is 33.7 Å². The lowest BCUT2D eigenvalue weighted by Crippen LogP contribution is -2.40. The Bertz CT molecular complexity index is 1100. The molecule has 8 nitrogen and oxygen atoms in total. The van der Waals surface area contributed by atoms with Gasteiger partial charge in [0.1, 0.15) is 0 Å². The van der Waals surface area contributed by atoms with Crippen molar-refractivity contribution in [3.05, 3.63) is 65.2 Å². The Labute approximate surface area is 187 Å². The van der Waals surface area contributed by atoms with Crippen LogP contribution in [-0.4, -0.2) is 57.5 Å². The number of sulfonamides is 1. The number of carbonyl (C=O) groups is 2. The quantitative estimate of drug-likeness (QED) is 0.505. The molecule has 2 aromatic rings. The number of anilines is 1. The smallest absolute Gasteiger partial charge is 0.331 e. The number of hydrogen-bond acceptors (Lipinski definition) is 6. The molecule has 1 amide bonds. The molecule has 0 saturated carbocycles. The summed E-state index contributed by atoms with van der Waals surface area (Å²) in [5.74, 6) is -1.22. The molecule has 1 heterocycles. The first-order valence-electron chi connectivity index (χ1n) is 10.2. The fraction of sp³-hybridized carbons (Fsp3) is 0.304. The number of amides is 1. The lowest BCUT2D eigenvalue weighted by molar-refractivity contribution is -0.142. The van der Waals surface area contributed by atoms with Gasteiger partial charge in [-0.2, -0.15) is 4.31 Å². The van der Waals surface area contributed by atoms with Crippen LogP contribution in [0.3, 0.4) is 0 Å². The van der Waals surface area contributed by atoms with Crippen LogP contribution in [0.5, 0.6) is 0 Å². The van der Waals surface area contributed by atoms with Crippen molar-refractivity contribution in [3.63, 3.8) is 0 Å². The maximum Gasteiger partial charge on any atom is 0.331 e. The fourth-order valence-corrected chi connectivity index (χ4v) is 4.76. The molecule has 1 aliphatic rings. The molecule has 1 saturated heterocycles. The normalized spacial score (nSPS) is 14.9. The molecule has 1 N–H and O–H groups in total. The first kappa shape index (κ1) is 23.6. The van der Waals surface area contributed by atoms with Crippen LogP contribution >= 0.6 is 0 Å². The standard InChI is InChI=1S/C23H26N2O6S/c1-17-3-6-19(7-4-17)8-10-23(27)31-16-22(26)24-20-9-5-18(2)21(15-20)32(28,29)25-11-13-30-14-12-25/h3-10,15H,11-14,16H2,1-2H3,(H,24,26)/b10-8+. The summed E-state index contributed by atoms with van der Waals surface area (Å²) in [4.78, 5) is 24.2. The second-order valence-electron chi connectivity index (χ2n) is 7.40.